The number of furan rings is 1. The van der Waals surface area contributed by atoms with Gasteiger partial charge in [0.1, 0.15) is 11.5 Å². The average molecular weight is 345 g/mol. The van der Waals surface area contributed by atoms with E-state index in [0.29, 0.717) is 23.7 Å². The fourth-order valence-electron chi connectivity index (χ4n) is 2.22. The summed E-state index contributed by atoms with van der Waals surface area (Å²) in [6, 6.07) is 9.98. The van der Waals surface area contributed by atoms with E-state index in [2.05, 4.69) is 10.6 Å². The van der Waals surface area contributed by atoms with E-state index in [4.69, 9.17) is 9.15 Å². The van der Waals surface area contributed by atoms with Gasteiger partial charge in [-0.15, -0.1) is 0 Å². The normalized spacial score (nSPS) is 11.5. The minimum Gasteiger partial charge on any atom is -0.464 e. The number of anilines is 2. The largest absolute Gasteiger partial charge is 0.464 e. The van der Waals surface area contributed by atoms with Gasteiger partial charge in [-0.2, -0.15) is 0 Å². The number of carbonyl (C=O) groups excluding carboxylic acids is 2. The number of nitrogens with one attached hydrogen (secondary N) is 2. The summed E-state index contributed by atoms with van der Waals surface area (Å²) in [6.45, 7) is 5.76. The van der Waals surface area contributed by atoms with Gasteiger partial charge in [-0.1, -0.05) is 0 Å². The van der Waals surface area contributed by atoms with Gasteiger partial charge in [0, 0.05) is 18.4 Å². The van der Waals surface area contributed by atoms with Crippen LogP contribution < -0.4 is 15.5 Å². The fraction of sp³-hybridized carbons (Fsp3) is 0.333. The molecule has 0 bridgehead atoms. The van der Waals surface area contributed by atoms with Crippen molar-refractivity contribution in [2.45, 2.75) is 26.8 Å². The zero-order valence-electron chi connectivity index (χ0n) is 14.8. The molecule has 1 aromatic heterocycles. The van der Waals surface area contributed by atoms with Crippen molar-refractivity contribution in [2.24, 2.45) is 0 Å². The smallest absolute Gasteiger partial charge is 0.413 e. The molecule has 0 radical (unpaired) electrons. The Morgan fingerprint density at radius 2 is 1.88 bits per heavy atom. The molecule has 0 saturated heterocycles. The quantitative estimate of drug-likeness (QED) is 0.856. The second-order valence-corrected chi connectivity index (χ2v) is 5.57. The molecule has 1 aromatic carbocycles. The third kappa shape index (κ3) is 5.00. The average Bonchev–Trinajstić information content (AvgIpc) is 3.01. The highest BCUT2D eigenvalue weighted by molar-refractivity contribution is 5.91. The second-order valence-electron chi connectivity index (χ2n) is 5.57. The lowest BCUT2D eigenvalue weighted by Crippen LogP contribution is -2.31. The monoisotopic (exact) mass is 345 g/mol. The highest BCUT2D eigenvalue weighted by atomic mass is 16.6. The predicted molar refractivity (Wildman–Crippen MR) is 95.9 cm³/mol. The van der Waals surface area contributed by atoms with E-state index in [1.54, 1.807) is 38.2 Å². The summed E-state index contributed by atoms with van der Waals surface area (Å²) in [6.07, 6.45) is -0.427. The third-order valence-electron chi connectivity index (χ3n) is 3.59. The van der Waals surface area contributed by atoms with Crippen LogP contribution in [-0.2, 0) is 4.74 Å². The summed E-state index contributed by atoms with van der Waals surface area (Å²) in [5, 5.41) is 5.55. The molecule has 7 heteroatoms. The lowest BCUT2D eigenvalue weighted by atomic mass is 10.2. The number of carbonyl (C=O) groups is 2. The van der Waals surface area contributed by atoms with Crippen molar-refractivity contribution in [3.8, 4) is 0 Å². The van der Waals surface area contributed by atoms with Gasteiger partial charge in [0.25, 0.3) is 0 Å². The number of amides is 3. The highest BCUT2D eigenvalue weighted by Gasteiger charge is 2.14. The summed E-state index contributed by atoms with van der Waals surface area (Å²) in [5.74, 6) is 1.49. The maximum absolute atomic E-state index is 12.1. The molecule has 7 nitrogen and oxygen atoms in total. The summed E-state index contributed by atoms with van der Waals surface area (Å²) < 4.78 is 10.4. The van der Waals surface area contributed by atoms with Crippen molar-refractivity contribution in [1.82, 2.24) is 5.32 Å². The third-order valence-corrected chi connectivity index (χ3v) is 3.59. The Morgan fingerprint density at radius 1 is 1.20 bits per heavy atom. The van der Waals surface area contributed by atoms with E-state index in [0.717, 1.165) is 5.76 Å². The summed E-state index contributed by atoms with van der Waals surface area (Å²) in [5.41, 5.74) is 1.28. The predicted octanol–water partition coefficient (Wildman–Crippen LogP) is 4.06. The van der Waals surface area contributed by atoms with Gasteiger partial charge in [0.05, 0.1) is 12.6 Å². The molecule has 1 heterocycles. The minimum atomic E-state index is -0.427. The van der Waals surface area contributed by atoms with Crippen LogP contribution in [0.15, 0.2) is 40.8 Å². The molecule has 2 rings (SSSR count). The van der Waals surface area contributed by atoms with E-state index in [1.807, 2.05) is 26.0 Å². The van der Waals surface area contributed by atoms with E-state index in [-0.39, 0.29) is 12.1 Å². The molecule has 0 aliphatic heterocycles. The zero-order chi connectivity index (χ0) is 18.4. The van der Waals surface area contributed by atoms with Crippen LogP contribution in [0.2, 0.25) is 0 Å². The van der Waals surface area contributed by atoms with Crippen molar-refractivity contribution in [2.75, 3.05) is 23.9 Å². The van der Waals surface area contributed by atoms with Crippen molar-refractivity contribution in [3.05, 3.63) is 47.9 Å². The SMILES string of the molecule is CCOC(=O)N(C)c1ccc(NC(=O)N[C@H](C)c2ccc(C)o2)cc1. The Balaban J connectivity index is 1.92. The van der Waals surface area contributed by atoms with Gasteiger partial charge >= 0.3 is 12.1 Å². The van der Waals surface area contributed by atoms with Crippen LogP contribution in [0.1, 0.15) is 31.4 Å². The number of benzene rings is 1. The van der Waals surface area contributed by atoms with E-state index in [1.165, 1.54) is 4.90 Å². The van der Waals surface area contributed by atoms with E-state index < -0.39 is 6.09 Å². The zero-order valence-corrected chi connectivity index (χ0v) is 14.8. The van der Waals surface area contributed by atoms with E-state index in [9.17, 15) is 9.59 Å². The maximum Gasteiger partial charge on any atom is 0.413 e. The number of ether oxygens (including phenoxy) is 1. The molecule has 0 spiro atoms. The second kappa shape index (κ2) is 8.23. The van der Waals surface area contributed by atoms with Crippen molar-refractivity contribution < 1.29 is 18.7 Å². The number of urea groups is 1. The van der Waals surface area contributed by atoms with Crippen LogP contribution in [-0.4, -0.2) is 25.8 Å². The first kappa shape index (κ1) is 18.4. The first-order valence-corrected chi connectivity index (χ1v) is 8.05. The van der Waals surface area contributed by atoms with Crippen LogP contribution in [0.25, 0.3) is 0 Å². The first-order valence-electron chi connectivity index (χ1n) is 8.05. The molecule has 25 heavy (non-hydrogen) atoms. The van der Waals surface area contributed by atoms with Crippen LogP contribution >= 0.6 is 0 Å². The fourth-order valence-corrected chi connectivity index (χ4v) is 2.22. The Kier molecular flexibility index (Phi) is 6.05. The molecule has 1 atom stereocenters. The molecule has 0 aliphatic carbocycles. The van der Waals surface area contributed by atoms with Crippen LogP contribution in [0.3, 0.4) is 0 Å². The molecule has 2 N–H and O–H groups in total. The Morgan fingerprint density at radius 3 is 2.44 bits per heavy atom. The number of hydrogen-bond donors (Lipinski definition) is 2. The Labute approximate surface area is 146 Å². The molecule has 2 aromatic rings. The standard InChI is InChI=1S/C18H23N3O4/c1-5-24-18(23)21(4)15-9-7-14(8-10-15)20-17(22)19-13(3)16-11-6-12(2)25-16/h6-11,13H,5H2,1-4H3,(H2,19,20,22)/t13-/m1/s1. The van der Waals surface area contributed by atoms with Crippen LogP contribution in [0, 0.1) is 6.92 Å². The molecule has 0 unspecified atom stereocenters. The molecule has 134 valence electrons. The van der Waals surface area contributed by atoms with Crippen LogP contribution in [0.4, 0.5) is 21.0 Å². The van der Waals surface area contributed by atoms with Crippen molar-refractivity contribution in [3.63, 3.8) is 0 Å². The number of rotatable bonds is 5. The summed E-state index contributed by atoms with van der Waals surface area (Å²) in [4.78, 5) is 25.1. The lowest BCUT2D eigenvalue weighted by Gasteiger charge is -2.17. The lowest BCUT2D eigenvalue weighted by molar-refractivity contribution is 0.161. The van der Waals surface area contributed by atoms with Gasteiger partial charge in [-0.05, 0) is 57.2 Å². The number of hydrogen-bond acceptors (Lipinski definition) is 4. The number of nitrogens with zero attached hydrogens (tertiary/aromatic N) is 1. The van der Waals surface area contributed by atoms with Crippen molar-refractivity contribution in [1.29, 1.82) is 0 Å². The Bertz CT molecular complexity index is 724. The van der Waals surface area contributed by atoms with Gasteiger partial charge in [0.15, 0.2) is 0 Å². The molecule has 0 saturated carbocycles. The van der Waals surface area contributed by atoms with Gasteiger partial charge in [-0.25, -0.2) is 9.59 Å². The molecular formula is C18H23N3O4. The van der Waals surface area contributed by atoms with Crippen molar-refractivity contribution >= 4 is 23.5 Å². The molecule has 0 fully saturated rings. The number of aryl methyl sites for hydroxylation is 1. The van der Waals surface area contributed by atoms with Gasteiger partial charge in [0.2, 0.25) is 0 Å². The topological polar surface area (TPSA) is 83.8 Å². The molecular weight excluding hydrogens is 322 g/mol. The first-order chi connectivity index (χ1) is 11.9. The highest BCUT2D eigenvalue weighted by Crippen LogP contribution is 2.19. The van der Waals surface area contributed by atoms with Gasteiger partial charge < -0.3 is 19.8 Å². The molecule has 0 aliphatic rings. The summed E-state index contributed by atoms with van der Waals surface area (Å²) in [7, 11) is 1.63. The summed E-state index contributed by atoms with van der Waals surface area (Å²) >= 11 is 0. The van der Waals surface area contributed by atoms with Gasteiger partial charge in [-0.3, -0.25) is 4.90 Å². The van der Waals surface area contributed by atoms with Crippen LogP contribution in [0.5, 0.6) is 0 Å². The maximum atomic E-state index is 12.1. The Hall–Kier alpha value is -2.96. The minimum absolute atomic E-state index is 0.247. The van der Waals surface area contributed by atoms with E-state index >= 15 is 0 Å². The molecule has 3 amide bonds.